The van der Waals surface area contributed by atoms with Crippen molar-refractivity contribution in [2.45, 2.75) is 26.7 Å². The molecule has 0 saturated carbocycles. The first-order valence-electron chi connectivity index (χ1n) is 5.73. The molecule has 0 aromatic carbocycles. The molecule has 0 N–H and O–H groups in total. The van der Waals surface area contributed by atoms with Crippen molar-refractivity contribution in [3.8, 4) is 5.75 Å². The average Bonchev–Trinajstić information content (AvgIpc) is 2.35. The molecule has 0 radical (unpaired) electrons. The van der Waals surface area contributed by atoms with Crippen LogP contribution in [0.1, 0.15) is 37.2 Å². The highest BCUT2D eigenvalue weighted by Gasteiger charge is 2.21. The predicted octanol–water partition coefficient (Wildman–Crippen LogP) is 2.76. The smallest absolute Gasteiger partial charge is 0.378 e. The first-order valence-corrected chi connectivity index (χ1v) is 6.52. The van der Waals surface area contributed by atoms with E-state index in [1.165, 1.54) is 0 Å². The van der Waals surface area contributed by atoms with Crippen LogP contribution in [0.4, 0.5) is 0 Å². The summed E-state index contributed by atoms with van der Waals surface area (Å²) in [5.74, 6) is -0.994. The zero-order chi connectivity index (χ0) is 13.5. The number of unbranched alkanes of at least 4 members (excludes halogenated alkanes) is 1. The summed E-state index contributed by atoms with van der Waals surface area (Å²) in [6.45, 7) is 4.22. The Morgan fingerprint density at radius 1 is 1.44 bits per heavy atom. The summed E-state index contributed by atoms with van der Waals surface area (Å²) in [5, 5.41) is 0. The molecule has 0 amide bonds. The third-order valence-electron chi connectivity index (χ3n) is 2.11. The normalized spacial score (nSPS) is 10.2. The fourth-order valence-corrected chi connectivity index (χ4v) is 1.49. The number of hydrogen-bond donors (Lipinski definition) is 0. The minimum atomic E-state index is -0.700. The lowest BCUT2D eigenvalue weighted by Crippen LogP contribution is -2.16. The third-order valence-corrected chi connectivity index (χ3v) is 2.66. The van der Waals surface area contributed by atoms with Gasteiger partial charge < -0.3 is 13.9 Å². The summed E-state index contributed by atoms with van der Waals surface area (Å²) < 4.78 is 15.4. The molecule has 0 unspecified atom stereocenters. The predicted molar refractivity (Wildman–Crippen MR) is 69.0 cm³/mol. The zero-order valence-electron chi connectivity index (χ0n) is 10.3. The molecule has 0 atom stereocenters. The van der Waals surface area contributed by atoms with E-state index >= 15 is 0 Å². The van der Waals surface area contributed by atoms with Gasteiger partial charge in [-0.1, -0.05) is 13.3 Å². The van der Waals surface area contributed by atoms with Crippen molar-refractivity contribution in [1.29, 1.82) is 0 Å². The summed E-state index contributed by atoms with van der Waals surface area (Å²) in [5.41, 5.74) is -0.416. The van der Waals surface area contributed by atoms with Crippen LogP contribution in [0, 0.1) is 0 Å². The number of hydrogen-bond acceptors (Lipinski definition) is 5. The number of carbonyl (C=O) groups is 1. The van der Waals surface area contributed by atoms with Gasteiger partial charge in [-0.05, 0) is 29.3 Å². The molecule has 0 fully saturated rings. The Morgan fingerprint density at radius 2 is 2.17 bits per heavy atom. The molecule has 100 valence electrons. The van der Waals surface area contributed by atoms with Gasteiger partial charge in [-0.2, -0.15) is 0 Å². The SMILES string of the molecule is CCCCOc1c(C(=O)OCC)occ(Br)c1=O. The van der Waals surface area contributed by atoms with Gasteiger partial charge in [0.1, 0.15) is 10.7 Å². The van der Waals surface area contributed by atoms with E-state index in [1.54, 1.807) is 6.92 Å². The van der Waals surface area contributed by atoms with Crippen LogP contribution >= 0.6 is 15.9 Å². The van der Waals surface area contributed by atoms with E-state index in [9.17, 15) is 9.59 Å². The molecular formula is C12H15BrO5. The van der Waals surface area contributed by atoms with Crippen molar-refractivity contribution in [3.63, 3.8) is 0 Å². The molecule has 1 rings (SSSR count). The van der Waals surface area contributed by atoms with E-state index in [2.05, 4.69) is 15.9 Å². The Hall–Kier alpha value is -1.30. The zero-order valence-corrected chi connectivity index (χ0v) is 11.9. The maximum atomic E-state index is 11.9. The molecule has 0 bridgehead atoms. The van der Waals surface area contributed by atoms with Crippen molar-refractivity contribution in [2.75, 3.05) is 13.2 Å². The molecule has 0 aliphatic rings. The molecule has 6 heteroatoms. The Bertz CT molecular complexity index is 466. The van der Waals surface area contributed by atoms with E-state index in [0.29, 0.717) is 6.61 Å². The lowest BCUT2D eigenvalue weighted by molar-refractivity contribution is 0.0478. The van der Waals surface area contributed by atoms with E-state index in [1.807, 2.05) is 6.92 Å². The number of carbonyl (C=O) groups excluding carboxylic acids is 1. The molecule has 0 spiro atoms. The fraction of sp³-hybridized carbons (Fsp3) is 0.500. The number of halogens is 1. The number of esters is 1. The van der Waals surface area contributed by atoms with Crippen LogP contribution in [0.5, 0.6) is 5.75 Å². The third kappa shape index (κ3) is 3.60. The van der Waals surface area contributed by atoms with Crippen LogP contribution < -0.4 is 10.2 Å². The second-order valence-electron chi connectivity index (χ2n) is 3.49. The van der Waals surface area contributed by atoms with Crippen molar-refractivity contribution in [3.05, 3.63) is 26.7 Å². The maximum Gasteiger partial charge on any atom is 0.378 e. The quantitative estimate of drug-likeness (QED) is 0.596. The van der Waals surface area contributed by atoms with Crippen LogP contribution in [-0.2, 0) is 4.74 Å². The van der Waals surface area contributed by atoms with Gasteiger partial charge in [0.25, 0.3) is 5.76 Å². The first kappa shape index (κ1) is 14.8. The Labute approximate surface area is 113 Å². The van der Waals surface area contributed by atoms with Crippen molar-refractivity contribution >= 4 is 21.9 Å². The molecule has 5 nitrogen and oxygen atoms in total. The molecule has 0 saturated heterocycles. The molecule has 0 aliphatic carbocycles. The van der Waals surface area contributed by atoms with E-state index in [0.717, 1.165) is 19.1 Å². The second kappa shape index (κ2) is 7.20. The lowest BCUT2D eigenvalue weighted by Gasteiger charge is -2.08. The highest BCUT2D eigenvalue weighted by Crippen LogP contribution is 2.19. The summed E-state index contributed by atoms with van der Waals surface area (Å²) >= 11 is 3.04. The topological polar surface area (TPSA) is 65.7 Å². The van der Waals surface area contributed by atoms with E-state index in [4.69, 9.17) is 13.9 Å². The monoisotopic (exact) mass is 318 g/mol. The average molecular weight is 319 g/mol. The van der Waals surface area contributed by atoms with Crippen molar-refractivity contribution in [2.24, 2.45) is 0 Å². The van der Waals surface area contributed by atoms with Crippen molar-refractivity contribution < 1.29 is 18.7 Å². The van der Waals surface area contributed by atoms with Crippen LogP contribution in [-0.4, -0.2) is 19.2 Å². The molecule has 18 heavy (non-hydrogen) atoms. The number of ether oxygens (including phenoxy) is 2. The van der Waals surface area contributed by atoms with E-state index < -0.39 is 11.4 Å². The molecule has 0 aliphatic heterocycles. The summed E-state index contributed by atoms with van der Waals surface area (Å²) in [6, 6.07) is 0. The van der Waals surface area contributed by atoms with Crippen LogP contribution in [0.2, 0.25) is 0 Å². The second-order valence-corrected chi connectivity index (χ2v) is 4.35. The van der Waals surface area contributed by atoms with Crippen molar-refractivity contribution in [1.82, 2.24) is 0 Å². The van der Waals surface area contributed by atoms with E-state index in [-0.39, 0.29) is 22.6 Å². The number of rotatable bonds is 6. The Morgan fingerprint density at radius 3 is 2.78 bits per heavy atom. The van der Waals surface area contributed by atoms with Crippen LogP contribution in [0.3, 0.4) is 0 Å². The Kier molecular flexibility index (Phi) is 5.91. The Balaban J connectivity index is 3.05. The van der Waals surface area contributed by atoms with Gasteiger partial charge in [0.2, 0.25) is 11.2 Å². The summed E-state index contributed by atoms with van der Waals surface area (Å²) in [7, 11) is 0. The summed E-state index contributed by atoms with van der Waals surface area (Å²) in [6.07, 6.45) is 2.86. The molecule has 1 heterocycles. The van der Waals surface area contributed by atoms with Gasteiger partial charge in [-0.15, -0.1) is 0 Å². The van der Waals surface area contributed by atoms with Gasteiger partial charge >= 0.3 is 5.97 Å². The molecule has 1 aromatic heterocycles. The lowest BCUT2D eigenvalue weighted by atomic mass is 10.3. The van der Waals surface area contributed by atoms with Gasteiger partial charge in [-0.3, -0.25) is 4.79 Å². The van der Waals surface area contributed by atoms with Gasteiger partial charge in [0.05, 0.1) is 13.2 Å². The molecule has 1 aromatic rings. The van der Waals surface area contributed by atoms with Crippen LogP contribution in [0.25, 0.3) is 0 Å². The van der Waals surface area contributed by atoms with Gasteiger partial charge in [0.15, 0.2) is 0 Å². The summed E-state index contributed by atoms with van der Waals surface area (Å²) in [4.78, 5) is 23.5. The highest BCUT2D eigenvalue weighted by atomic mass is 79.9. The fourth-order valence-electron chi connectivity index (χ4n) is 1.22. The maximum absolute atomic E-state index is 11.9. The minimum Gasteiger partial charge on any atom is -0.486 e. The minimum absolute atomic E-state index is 0.101. The highest BCUT2D eigenvalue weighted by molar-refractivity contribution is 9.10. The van der Waals surface area contributed by atoms with Crippen LogP contribution in [0.15, 0.2) is 19.9 Å². The largest absolute Gasteiger partial charge is 0.486 e. The van der Waals surface area contributed by atoms with Gasteiger partial charge in [-0.25, -0.2) is 4.79 Å². The first-order chi connectivity index (χ1) is 8.61. The standard InChI is InChI=1S/C12H15BrO5/c1-3-5-6-17-10-9(14)8(13)7-18-11(10)12(15)16-4-2/h7H,3-6H2,1-2H3. The molecular weight excluding hydrogens is 304 g/mol. The van der Waals surface area contributed by atoms with Gasteiger partial charge in [0, 0.05) is 0 Å².